The number of carbonyl (C=O) groups is 1. The summed E-state index contributed by atoms with van der Waals surface area (Å²) in [7, 11) is -0.238. The zero-order valence-electron chi connectivity index (χ0n) is 16.9. The Morgan fingerprint density at radius 1 is 1.32 bits per heavy atom. The number of hydrogen-bond acceptors (Lipinski definition) is 7. The van der Waals surface area contributed by atoms with Gasteiger partial charge in [0, 0.05) is 40.2 Å². The predicted molar refractivity (Wildman–Crippen MR) is 100 cm³/mol. The number of aryl methyl sites for hydroxylation is 2. The van der Waals surface area contributed by atoms with Crippen LogP contribution in [-0.4, -0.2) is 80.8 Å². The monoisotopic (exact) mass is 415 g/mol. The van der Waals surface area contributed by atoms with Crippen LogP contribution in [0.5, 0.6) is 0 Å². The summed E-state index contributed by atoms with van der Waals surface area (Å²) in [5, 5.41) is 3.76. The van der Waals surface area contributed by atoms with Crippen LogP contribution >= 0.6 is 0 Å². The second-order valence-corrected chi connectivity index (χ2v) is 9.68. The molecular weight excluding hydrogens is 386 g/mol. The van der Waals surface area contributed by atoms with Crippen molar-refractivity contribution in [3.05, 3.63) is 11.5 Å². The van der Waals surface area contributed by atoms with Crippen molar-refractivity contribution in [2.75, 3.05) is 40.4 Å². The maximum Gasteiger partial charge on any atom is 0.248 e. The summed E-state index contributed by atoms with van der Waals surface area (Å²) >= 11 is 0. The molecule has 0 aromatic carbocycles. The van der Waals surface area contributed by atoms with Gasteiger partial charge in [-0.25, -0.2) is 8.42 Å². The third-order valence-corrected chi connectivity index (χ3v) is 7.73. The third-order valence-electron chi connectivity index (χ3n) is 5.59. The van der Waals surface area contributed by atoms with Crippen molar-refractivity contribution in [2.24, 2.45) is 0 Å². The Bertz CT molecular complexity index is 792. The van der Waals surface area contributed by atoms with Gasteiger partial charge in [0.25, 0.3) is 0 Å². The second kappa shape index (κ2) is 8.10. The van der Waals surface area contributed by atoms with E-state index in [0.29, 0.717) is 50.4 Å². The maximum atomic E-state index is 13.0. The molecule has 3 heterocycles. The first kappa shape index (κ1) is 21.2. The number of carbonyl (C=O) groups excluding carboxylic acids is 1. The van der Waals surface area contributed by atoms with Gasteiger partial charge in [-0.05, 0) is 33.1 Å². The molecule has 2 fully saturated rings. The summed E-state index contributed by atoms with van der Waals surface area (Å²) in [6.45, 7) is 4.60. The fourth-order valence-corrected chi connectivity index (χ4v) is 5.63. The Morgan fingerprint density at radius 2 is 2.00 bits per heavy atom. The predicted octanol–water partition coefficient (Wildman–Crippen LogP) is 1.10. The molecule has 1 amide bonds. The van der Waals surface area contributed by atoms with Crippen LogP contribution in [0.15, 0.2) is 9.42 Å². The summed E-state index contributed by atoms with van der Waals surface area (Å²) in [5.41, 5.74) is -0.0137. The molecule has 0 saturated carbocycles. The molecule has 1 aromatic heterocycles. The molecule has 0 bridgehead atoms. The van der Waals surface area contributed by atoms with Crippen LogP contribution in [0.3, 0.4) is 0 Å². The fraction of sp³-hybridized carbons (Fsp3) is 0.778. The van der Waals surface area contributed by atoms with E-state index in [1.54, 1.807) is 27.9 Å². The average Bonchev–Trinajstić information content (AvgIpc) is 2.99. The van der Waals surface area contributed by atoms with E-state index >= 15 is 0 Å². The first-order chi connectivity index (χ1) is 13.1. The molecule has 0 radical (unpaired) electrons. The normalized spacial score (nSPS) is 23.1. The summed E-state index contributed by atoms with van der Waals surface area (Å²) in [6.07, 6.45) is 2.55. The molecule has 2 saturated heterocycles. The van der Waals surface area contributed by atoms with E-state index in [2.05, 4.69) is 5.16 Å². The molecule has 9 nitrogen and oxygen atoms in total. The van der Waals surface area contributed by atoms with Gasteiger partial charge >= 0.3 is 0 Å². The number of ether oxygens (including phenoxy) is 2. The number of amides is 1. The molecular formula is C18H29N3O6S. The van der Waals surface area contributed by atoms with Gasteiger partial charge in [-0.1, -0.05) is 5.16 Å². The number of likely N-dealkylation sites (N-methyl/N-ethyl adjacent to an activating group) is 1. The summed E-state index contributed by atoms with van der Waals surface area (Å²) in [6, 6.07) is 0. The average molecular weight is 416 g/mol. The number of sulfonamides is 1. The first-order valence-electron chi connectivity index (χ1n) is 9.53. The molecule has 2 aliphatic heterocycles. The zero-order valence-corrected chi connectivity index (χ0v) is 17.8. The van der Waals surface area contributed by atoms with Crippen LogP contribution in [0.1, 0.15) is 37.1 Å². The van der Waals surface area contributed by atoms with E-state index in [1.165, 1.54) is 9.21 Å². The van der Waals surface area contributed by atoms with Crippen LogP contribution in [0.25, 0.3) is 0 Å². The highest BCUT2D eigenvalue weighted by atomic mass is 32.2. The zero-order chi connectivity index (χ0) is 20.5. The van der Waals surface area contributed by atoms with Crippen molar-refractivity contribution in [1.29, 1.82) is 0 Å². The van der Waals surface area contributed by atoms with E-state index in [9.17, 15) is 13.2 Å². The highest BCUT2D eigenvalue weighted by molar-refractivity contribution is 7.89. The molecule has 1 atom stereocenters. The lowest BCUT2D eigenvalue weighted by atomic mass is 9.84. The topological polar surface area (TPSA) is 102 Å². The summed E-state index contributed by atoms with van der Waals surface area (Å²) in [4.78, 5) is 13.4. The highest BCUT2D eigenvalue weighted by Crippen LogP contribution is 2.38. The Kier molecular flexibility index (Phi) is 6.14. The van der Waals surface area contributed by atoms with Gasteiger partial charge in [-0.2, -0.15) is 4.31 Å². The van der Waals surface area contributed by atoms with E-state index < -0.39 is 15.6 Å². The molecule has 1 spiro atoms. The number of piperidine rings is 1. The molecule has 10 heteroatoms. The van der Waals surface area contributed by atoms with E-state index in [4.69, 9.17) is 14.0 Å². The van der Waals surface area contributed by atoms with Crippen molar-refractivity contribution in [3.8, 4) is 0 Å². The van der Waals surface area contributed by atoms with Gasteiger partial charge in [0.1, 0.15) is 17.2 Å². The summed E-state index contributed by atoms with van der Waals surface area (Å²) < 4.78 is 44.3. The van der Waals surface area contributed by atoms with Crippen LogP contribution in [0.2, 0.25) is 0 Å². The van der Waals surface area contributed by atoms with Crippen molar-refractivity contribution in [2.45, 2.75) is 56.1 Å². The lowest BCUT2D eigenvalue weighted by Crippen LogP contribution is -2.52. The molecule has 158 valence electrons. The van der Waals surface area contributed by atoms with Crippen LogP contribution in [-0.2, 0) is 24.3 Å². The highest BCUT2D eigenvalue weighted by Gasteiger charge is 2.44. The van der Waals surface area contributed by atoms with E-state index in [0.717, 1.165) is 6.42 Å². The molecule has 1 unspecified atom stereocenters. The number of nitrogens with zero attached hydrogens (tertiary/aromatic N) is 3. The standard InChI is InChI=1S/C18H29N3O6S/c1-13-17(14(2)27-19-13)28(23,24)21-8-6-18(7-9-21)11-15(5-10-26-18)25-12-16(22)20(3)4/h15H,5-12H2,1-4H3. The first-order valence-corrected chi connectivity index (χ1v) is 11.0. The quantitative estimate of drug-likeness (QED) is 0.709. The van der Waals surface area contributed by atoms with Crippen molar-refractivity contribution in [3.63, 3.8) is 0 Å². The minimum atomic E-state index is -3.64. The smallest absolute Gasteiger partial charge is 0.248 e. The number of rotatable bonds is 5. The molecule has 1 aromatic rings. The van der Waals surface area contributed by atoms with Crippen LogP contribution in [0, 0.1) is 13.8 Å². The molecule has 2 aliphatic rings. The lowest BCUT2D eigenvalue weighted by molar-refractivity contribution is -0.159. The number of aromatic nitrogens is 1. The maximum absolute atomic E-state index is 13.0. The lowest BCUT2D eigenvalue weighted by Gasteiger charge is -2.45. The Morgan fingerprint density at radius 3 is 2.57 bits per heavy atom. The Labute approximate surface area is 166 Å². The number of hydrogen-bond donors (Lipinski definition) is 0. The van der Waals surface area contributed by atoms with Crippen molar-refractivity contribution < 1.29 is 27.2 Å². The van der Waals surface area contributed by atoms with E-state index in [-0.39, 0.29) is 23.5 Å². The van der Waals surface area contributed by atoms with Gasteiger partial charge in [-0.15, -0.1) is 0 Å². The fourth-order valence-electron chi connectivity index (χ4n) is 3.90. The van der Waals surface area contributed by atoms with Gasteiger partial charge < -0.3 is 18.9 Å². The van der Waals surface area contributed by atoms with Gasteiger partial charge in [0.05, 0.1) is 11.7 Å². The minimum absolute atomic E-state index is 0.0524. The SMILES string of the molecule is Cc1noc(C)c1S(=O)(=O)N1CCC2(CC1)CC(OCC(=O)N(C)C)CCO2. The second-order valence-electron chi connectivity index (χ2n) is 7.80. The Balaban J connectivity index is 1.62. The van der Waals surface area contributed by atoms with Crippen molar-refractivity contribution >= 4 is 15.9 Å². The van der Waals surface area contributed by atoms with Gasteiger partial charge in [-0.3, -0.25) is 4.79 Å². The van der Waals surface area contributed by atoms with Gasteiger partial charge in [0.2, 0.25) is 15.9 Å². The third kappa shape index (κ3) is 4.24. The van der Waals surface area contributed by atoms with Crippen LogP contribution in [0.4, 0.5) is 0 Å². The largest absolute Gasteiger partial charge is 0.375 e. The molecule has 3 rings (SSSR count). The van der Waals surface area contributed by atoms with Crippen molar-refractivity contribution in [1.82, 2.24) is 14.4 Å². The summed E-state index contributed by atoms with van der Waals surface area (Å²) in [5.74, 6) is 0.242. The van der Waals surface area contributed by atoms with E-state index in [1.807, 2.05) is 0 Å². The van der Waals surface area contributed by atoms with Gasteiger partial charge in [0.15, 0.2) is 5.76 Å². The molecule has 28 heavy (non-hydrogen) atoms. The minimum Gasteiger partial charge on any atom is -0.375 e. The van der Waals surface area contributed by atoms with Crippen LogP contribution < -0.4 is 0 Å². The Hall–Kier alpha value is -1.49. The molecule has 0 aliphatic carbocycles. The molecule has 0 N–H and O–H groups in total.